The predicted octanol–water partition coefficient (Wildman–Crippen LogP) is 3.27. The number of aromatic amines is 1. The summed E-state index contributed by atoms with van der Waals surface area (Å²) in [4.78, 5) is 12.9. The standard InChI is InChI=1S/C20H19ClFN5O2/c21-13-5-3-6-14(22)19(13)27-17-10-29-9-16(12(17)8-23-27)24-20(28)18-11-4-1-2-7-15(11)25-26-18/h3,5-6,8,16H,1-2,4,7,9-10H2,(H,24,28)(H,25,26)/t16-/m0/s1. The number of fused-ring (bicyclic) bond motifs is 2. The SMILES string of the molecule is O=C(N[C@H]1COCc2c1cnn2-c1c(F)cccc1Cl)c1n[nH]c2c1CCCC2. The number of H-pyrrole nitrogens is 1. The van der Waals surface area contributed by atoms with E-state index in [4.69, 9.17) is 16.3 Å². The molecule has 1 aromatic carbocycles. The first-order valence-electron chi connectivity index (χ1n) is 9.59. The zero-order valence-electron chi connectivity index (χ0n) is 15.5. The molecular formula is C20H19ClFN5O2. The van der Waals surface area contributed by atoms with Gasteiger partial charge < -0.3 is 10.1 Å². The van der Waals surface area contributed by atoms with Gasteiger partial charge in [0.1, 0.15) is 11.5 Å². The summed E-state index contributed by atoms with van der Waals surface area (Å²) in [5.74, 6) is -0.722. The first kappa shape index (κ1) is 18.3. The van der Waals surface area contributed by atoms with Crippen LogP contribution < -0.4 is 5.32 Å². The van der Waals surface area contributed by atoms with Gasteiger partial charge in [0.2, 0.25) is 0 Å². The third-order valence-electron chi connectivity index (χ3n) is 5.53. The van der Waals surface area contributed by atoms with Gasteiger partial charge in [0.05, 0.1) is 36.2 Å². The first-order valence-corrected chi connectivity index (χ1v) is 9.97. The molecule has 0 spiro atoms. The van der Waals surface area contributed by atoms with Gasteiger partial charge in [-0.25, -0.2) is 9.07 Å². The molecule has 3 heterocycles. The average Bonchev–Trinajstić information content (AvgIpc) is 3.33. The van der Waals surface area contributed by atoms with Crippen LogP contribution in [0.5, 0.6) is 0 Å². The van der Waals surface area contributed by atoms with Crippen LogP contribution in [0.15, 0.2) is 24.4 Å². The third-order valence-corrected chi connectivity index (χ3v) is 5.83. The number of rotatable bonds is 3. The molecule has 1 aliphatic heterocycles. The van der Waals surface area contributed by atoms with Crippen molar-refractivity contribution in [3.05, 3.63) is 63.4 Å². The largest absolute Gasteiger partial charge is 0.373 e. The minimum absolute atomic E-state index is 0.173. The van der Waals surface area contributed by atoms with E-state index in [-0.39, 0.29) is 23.2 Å². The molecule has 2 aliphatic rings. The van der Waals surface area contributed by atoms with Gasteiger partial charge in [0.25, 0.3) is 5.91 Å². The molecule has 150 valence electrons. The molecule has 2 N–H and O–H groups in total. The maximum absolute atomic E-state index is 14.4. The lowest BCUT2D eigenvalue weighted by Gasteiger charge is -2.24. The number of carbonyl (C=O) groups excluding carboxylic acids is 1. The van der Waals surface area contributed by atoms with Crippen molar-refractivity contribution in [3.63, 3.8) is 0 Å². The second kappa shape index (κ2) is 7.27. The summed E-state index contributed by atoms with van der Waals surface area (Å²) in [6, 6.07) is 4.08. The normalized spacial score (nSPS) is 18.2. The highest BCUT2D eigenvalue weighted by Gasteiger charge is 2.30. The van der Waals surface area contributed by atoms with Crippen molar-refractivity contribution in [1.82, 2.24) is 25.3 Å². The van der Waals surface area contributed by atoms with Gasteiger partial charge in [-0.2, -0.15) is 10.2 Å². The molecule has 5 rings (SSSR count). The lowest BCUT2D eigenvalue weighted by atomic mass is 9.95. The van der Waals surface area contributed by atoms with E-state index >= 15 is 0 Å². The summed E-state index contributed by atoms with van der Waals surface area (Å²) >= 11 is 6.20. The van der Waals surface area contributed by atoms with Crippen molar-refractivity contribution in [1.29, 1.82) is 0 Å². The molecule has 1 amide bonds. The van der Waals surface area contributed by atoms with Crippen LogP contribution >= 0.6 is 11.6 Å². The number of aromatic nitrogens is 4. The summed E-state index contributed by atoms with van der Waals surface area (Å²) in [6.07, 6.45) is 5.56. The summed E-state index contributed by atoms with van der Waals surface area (Å²) in [5.41, 5.74) is 4.11. The smallest absolute Gasteiger partial charge is 0.272 e. The number of aryl methyl sites for hydroxylation is 1. The molecule has 2 aromatic heterocycles. The van der Waals surface area contributed by atoms with Crippen LogP contribution in [0.25, 0.3) is 5.69 Å². The van der Waals surface area contributed by atoms with E-state index in [1.54, 1.807) is 18.3 Å². The number of nitrogens with zero attached hydrogens (tertiary/aromatic N) is 3. The number of hydrogen-bond donors (Lipinski definition) is 2. The molecule has 0 bridgehead atoms. The average molecular weight is 416 g/mol. The van der Waals surface area contributed by atoms with Gasteiger partial charge in [-0.05, 0) is 37.8 Å². The van der Waals surface area contributed by atoms with Gasteiger partial charge in [0, 0.05) is 16.8 Å². The number of amides is 1. The number of nitrogens with one attached hydrogen (secondary N) is 2. The number of benzene rings is 1. The van der Waals surface area contributed by atoms with Crippen molar-refractivity contribution in [2.45, 2.75) is 38.3 Å². The topological polar surface area (TPSA) is 84.8 Å². The fourth-order valence-corrected chi connectivity index (χ4v) is 4.33. The molecule has 1 aliphatic carbocycles. The fourth-order valence-electron chi connectivity index (χ4n) is 4.08. The quantitative estimate of drug-likeness (QED) is 0.687. The molecule has 7 nitrogen and oxygen atoms in total. The fraction of sp³-hybridized carbons (Fsp3) is 0.350. The Morgan fingerprint density at radius 2 is 2.21 bits per heavy atom. The van der Waals surface area contributed by atoms with Crippen molar-refractivity contribution >= 4 is 17.5 Å². The van der Waals surface area contributed by atoms with E-state index in [0.29, 0.717) is 18.0 Å². The summed E-state index contributed by atoms with van der Waals surface area (Å²) < 4.78 is 21.5. The highest BCUT2D eigenvalue weighted by atomic mass is 35.5. The Balaban J connectivity index is 1.44. The second-order valence-electron chi connectivity index (χ2n) is 7.31. The van der Waals surface area contributed by atoms with Gasteiger partial charge >= 0.3 is 0 Å². The Kier molecular flexibility index (Phi) is 4.60. The molecule has 0 fully saturated rings. The van der Waals surface area contributed by atoms with Gasteiger partial charge in [0.15, 0.2) is 5.69 Å². The van der Waals surface area contributed by atoms with E-state index in [0.717, 1.165) is 42.5 Å². The van der Waals surface area contributed by atoms with E-state index in [2.05, 4.69) is 20.6 Å². The molecular weight excluding hydrogens is 397 g/mol. The van der Waals surface area contributed by atoms with Crippen molar-refractivity contribution in [2.75, 3.05) is 6.61 Å². The Morgan fingerprint density at radius 1 is 1.34 bits per heavy atom. The number of para-hydroxylation sites is 1. The van der Waals surface area contributed by atoms with E-state index in [1.807, 2.05) is 0 Å². The third kappa shape index (κ3) is 3.12. The van der Waals surface area contributed by atoms with Crippen LogP contribution in [-0.2, 0) is 24.2 Å². The van der Waals surface area contributed by atoms with Crippen molar-refractivity contribution in [2.24, 2.45) is 0 Å². The van der Waals surface area contributed by atoms with E-state index < -0.39 is 11.9 Å². The van der Waals surface area contributed by atoms with Crippen LogP contribution in [0.3, 0.4) is 0 Å². The van der Waals surface area contributed by atoms with Gasteiger partial charge in [-0.1, -0.05) is 17.7 Å². The monoisotopic (exact) mass is 415 g/mol. The van der Waals surface area contributed by atoms with Crippen molar-refractivity contribution < 1.29 is 13.9 Å². The number of carbonyl (C=O) groups is 1. The van der Waals surface area contributed by atoms with E-state index in [1.165, 1.54) is 10.7 Å². The number of ether oxygens (including phenoxy) is 1. The Labute approximate surface area is 171 Å². The lowest BCUT2D eigenvalue weighted by molar-refractivity contribution is 0.0683. The van der Waals surface area contributed by atoms with Crippen LogP contribution in [0.4, 0.5) is 4.39 Å². The Hall–Kier alpha value is -2.71. The maximum Gasteiger partial charge on any atom is 0.272 e. The van der Waals surface area contributed by atoms with E-state index in [9.17, 15) is 9.18 Å². The van der Waals surface area contributed by atoms with Crippen LogP contribution in [0, 0.1) is 5.82 Å². The zero-order valence-corrected chi connectivity index (χ0v) is 16.3. The minimum atomic E-state index is -0.474. The van der Waals surface area contributed by atoms with Gasteiger partial charge in [-0.15, -0.1) is 0 Å². The molecule has 1 atom stereocenters. The molecule has 0 saturated carbocycles. The zero-order chi connectivity index (χ0) is 20.0. The summed E-state index contributed by atoms with van der Waals surface area (Å²) in [5, 5.41) is 14.8. The second-order valence-corrected chi connectivity index (χ2v) is 7.71. The minimum Gasteiger partial charge on any atom is -0.373 e. The molecule has 9 heteroatoms. The maximum atomic E-state index is 14.4. The number of halogens is 2. The number of hydrogen-bond acceptors (Lipinski definition) is 4. The molecule has 29 heavy (non-hydrogen) atoms. The Bertz CT molecular complexity index is 1070. The highest BCUT2D eigenvalue weighted by Crippen LogP contribution is 2.31. The molecule has 0 radical (unpaired) electrons. The summed E-state index contributed by atoms with van der Waals surface area (Å²) in [7, 11) is 0. The molecule has 0 saturated heterocycles. The van der Waals surface area contributed by atoms with Crippen LogP contribution in [0.2, 0.25) is 5.02 Å². The Morgan fingerprint density at radius 3 is 3.07 bits per heavy atom. The van der Waals surface area contributed by atoms with Crippen LogP contribution in [-0.4, -0.2) is 32.5 Å². The molecule has 0 unspecified atom stereocenters. The molecule has 3 aromatic rings. The van der Waals surface area contributed by atoms with Crippen LogP contribution in [0.1, 0.15) is 51.9 Å². The first-order chi connectivity index (χ1) is 14.1. The predicted molar refractivity (Wildman–Crippen MR) is 104 cm³/mol. The highest BCUT2D eigenvalue weighted by molar-refractivity contribution is 6.32. The lowest BCUT2D eigenvalue weighted by Crippen LogP contribution is -2.35. The summed E-state index contributed by atoms with van der Waals surface area (Å²) in [6.45, 7) is 0.562. The van der Waals surface area contributed by atoms with Gasteiger partial charge in [-0.3, -0.25) is 9.89 Å². The van der Waals surface area contributed by atoms with Crippen molar-refractivity contribution in [3.8, 4) is 5.69 Å².